The molecule has 0 aliphatic rings. The molecule has 0 spiro atoms. The third-order valence-electron chi connectivity index (χ3n) is 4.25. The molecule has 5 nitrogen and oxygen atoms in total. The number of hydrogen-bond donors (Lipinski definition) is 2. The first-order valence-corrected chi connectivity index (χ1v) is 9.18. The first-order chi connectivity index (χ1) is 13.1. The average molecular weight is 383 g/mol. The largest absolute Gasteiger partial charge is 0.496 e. The predicted octanol–water partition coefficient (Wildman–Crippen LogP) is 5.15. The minimum absolute atomic E-state index is 0.590. The Bertz CT molecular complexity index is 930. The molecule has 27 heavy (non-hydrogen) atoms. The molecule has 2 N–H and O–H groups in total. The van der Waals surface area contributed by atoms with E-state index in [-0.39, 0.29) is 0 Å². The van der Waals surface area contributed by atoms with Crippen LogP contribution in [0.2, 0.25) is 5.02 Å². The van der Waals surface area contributed by atoms with Crippen LogP contribution in [-0.2, 0) is 6.42 Å². The van der Waals surface area contributed by atoms with E-state index in [1.807, 2.05) is 56.3 Å². The lowest BCUT2D eigenvalue weighted by atomic mass is 10.1. The molecule has 2 aromatic carbocycles. The highest BCUT2D eigenvalue weighted by molar-refractivity contribution is 6.31. The van der Waals surface area contributed by atoms with Gasteiger partial charge in [-0.05, 0) is 49.6 Å². The second-order valence-corrected chi connectivity index (χ2v) is 6.65. The van der Waals surface area contributed by atoms with E-state index in [1.54, 1.807) is 7.11 Å². The number of halogens is 1. The van der Waals surface area contributed by atoms with E-state index in [1.165, 1.54) is 0 Å². The molecule has 1 aromatic heterocycles. The van der Waals surface area contributed by atoms with Gasteiger partial charge in [-0.1, -0.05) is 35.9 Å². The zero-order chi connectivity index (χ0) is 19.2. The molecule has 0 amide bonds. The molecular weight excluding hydrogens is 360 g/mol. The quantitative estimate of drug-likeness (QED) is 0.591. The summed E-state index contributed by atoms with van der Waals surface area (Å²) in [5, 5.41) is 7.34. The van der Waals surface area contributed by atoms with E-state index in [4.69, 9.17) is 16.3 Å². The lowest BCUT2D eigenvalue weighted by Gasteiger charge is -2.13. The van der Waals surface area contributed by atoms with Crippen LogP contribution in [-0.4, -0.2) is 23.6 Å². The Kier molecular flexibility index (Phi) is 6.14. The lowest BCUT2D eigenvalue weighted by molar-refractivity contribution is 0.410. The van der Waals surface area contributed by atoms with Crippen molar-refractivity contribution in [3.8, 4) is 5.75 Å². The first kappa shape index (κ1) is 19.0. The molecule has 140 valence electrons. The van der Waals surface area contributed by atoms with Crippen molar-refractivity contribution in [1.82, 2.24) is 9.97 Å². The third-order valence-corrected chi connectivity index (χ3v) is 4.66. The van der Waals surface area contributed by atoms with E-state index in [2.05, 4.69) is 26.7 Å². The van der Waals surface area contributed by atoms with Gasteiger partial charge >= 0.3 is 0 Å². The molecule has 6 heteroatoms. The molecule has 0 bridgehead atoms. The molecule has 0 aliphatic carbocycles. The number of ether oxygens (including phenoxy) is 1. The van der Waals surface area contributed by atoms with Crippen LogP contribution >= 0.6 is 11.6 Å². The first-order valence-electron chi connectivity index (χ1n) is 8.80. The summed E-state index contributed by atoms with van der Waals surface area (Å²) in [7, 11) is 1.69. The molecule has 1 heterocycles. The van der Waals surface area contributed by atoms with Gasteiger partial charge in [-0.25, -0.2) is 4.98 Å². The number of methoxy groups -OCH3 is 1. The van der Waals surface area contributed by atoms with Crippen LogP contribution in [0.3, 0.4) is 0 Å². The summed E-state index contributed by atoms with van der Waals surface area (Å²) < 4.78 is 5.39. The normalized spacial score (nSPS) is 10.5. The fourth-order valence-electron chi connectivity index (χ4n) is 2.81. The van der Waals surface area contributed by atoms with Crippen molar-refractivity contribution in [2.45, 2.75) is 20.3 Å². The zero-order valence-corrected chi connectivity index (χ0v) is 16.5. The van der Waals surface area contributed by atoms with Crippen molar-refractivity contribution in [2.75, 3.05) is 24.3 Å². The Morgan fingerprint density at radius 2 is 1.85 bits per heavy atom. The van der Waals surface area contributed by atoms with Crippen molar-refractivity contribution in [3.05, 3.63) is 70.4 Å². The number of nitrogens with zero attached hydrogens (tertiary/aromatic N) is 2. The highest BCUT2D eigenvalue weighted by Gasteiger charge is 2.07. The van der Waals surface area contributed by atoms with E-state index >= 15 is 0 Å². The molecule has 0 radical (unpaired) electrons. The third kappa shape index (κ3) is 4.89. The van der Waals surface area contributed by atoms with Gasteiger partial charge < -0.3 is 15.4 Å². The van der Waals surface area contributed by atoms with Crippen molar-refractivity contribution < 1.29 is 4.74 Å². The average Bonchev–Trinajstić information content (AvgIpc) is 2.65. The van der Waals surface area contributed by atoms with Gasteiger partial charge in [0.25, 0.3) is 0 Å². The van der Waals surface area contributed by atoms with Gasteiger partial charge in [0.15, 0.2) is 0 Å². The summed E-state index contributed by atoms with van der Waals surface area (Å²) in [6, 6.07) is 15.7. The number of para-hydroxylation sites is 1. The summed E-state index contributed by atoms with van der Waals surface area (Å²) in [5.41, 5.74) is 3.95. The minimum Gasteiger partial charge on any atom is -0.496 e. The zero-order valence-electron chi connectivity index (χ0n) is 15.7. The Labute approximate surface area is 164 Å². The monoisotopic (exact) mass is 382 g/mol. The molecule has 0 saturated carbocycles. The van der Waals surface area contributed by atoms with Crippen LogP contribution in [0, 0.1) is 13.8 Å². The molecule has 0 unspecified atom stereocenters. The smallest absolute Gasteiger partial charge is 0.224 e. The maximum atomic E-state index is 6.20. The van der Waals surface area contributed by atoms with Crippen LogP contribution in [0.25, 0.3) is 0 Å². The molecule has 0 aliphatic heterocycles. The molecular formula is C21H23ClN4O. The number of aromatic nitrogens is 2. The maximum Gasteiger partial charge on any atom is 0.224 e. The lowest BCUT2D eigenvalue weighted by Crippen LogP contribution is -2.10. The summed E-state index contributed by atoms with van der Waals surface area (Å²) in [6.45, 7) is 4.63. The second-order valence-electron chi connectivity index (χ2n) is 6.24. The van der Waals surface area contributed by atoms with Gasteiger partial charge in [0.2, 0.25) is 5.95 Å². The number of aryl methyl sites for hydroxylation is 1. The highest BCUT2D eigenvalue weighted by Crippen LogP contribution is 2.26. The van der Waals surface area contributed by atoms with Gasteiger partial charge in [0.05, 0.1) is 7.11 Å². The fraction of sp³-hybridized carbons (Fsp3) is 0.238. The van der Waals surface area contributed by atoms with Gasteiger partial charge in [-0.2, -0.15) is 4.98 Å². The molecule has 0 fully saturated rings. The van der Waals surface area contributed by atoms with Crippen molar-refractivity contribution >= 4 is 29.1 Å². The SMILES string of the molecule is COc1ccccc1CCNc1nc(C)cc(Nc2cccc(Cl)c2C)n1. The van der Waals surface area contributed by atoms with Gasteiger partial charge in [0.1, 0.15) is 11.6 Å². The maximum absolute atomic E-state index is 6.20. The van der Waals surface area contributed by atoms with Crippen LogP contribution in [0.15, 0.2) is 48.5 Å². The number of anilines is 3. The van der Waals surface area contributed by atoms with Crippen LogP contribution in [0.1, 0.15) is 16.8 Å². The minimum atomic E-state index is 0.590. The van der Waals surface area contributed by atoms with Gasteiger partial charge in [0, 0.05) is 29.0 Å². The van der Waals surface area contributed by atoms with E-state index in [0.717, 1.165) is 45.5 Å². The van der Waals surface area contributed by atoms with Crippen molar-refractivity contribution in [1.29, 1.82) is 0 Å². The van der Waals surface area contributed by atoms with Crippen molar-refractivity contribution in [3.63, 3.8) is 0 Å². The number of hydrogen-bond acceptors (Lipinski definition) is 5. The summed E-state index contributed by atoms with van der Waals surface area (Å²) in [5.74, 6) is 2.21. The second kappa shape index (κ2) is 8.73. The summed E-state index contributed by atoms with van der Waals surface area (Å²) in [6.07, 6.45) is 0.817. The molecule has 0 atom stereocenters. The molecule has 0 saturated heterocycles. The highest BCUT2D eigenvalue weighted by atomic mass is 35.5. The van der Waals surface area contributed by atoms with E-state index < -0.39 is 0 Å². The van der Waals surface area contributed by atoms with Crippen LogP contribution in [0.4, 0.5) is 17.5 Å². The summed E-state index contributed by atoms with van der Waals surface area (Å²) in [4.78, 5) is 9.04. The Morgan fingerprint density at radius 1 is 1.04 bits per heavy atom. The van der Waals surface area contributed by atoms with E-state index in [9.17, 15) is 0 Å². The Morgan fingerprint density at radius 3 is 2.67 bits per heavy atom. The van der Waals surface area contributed by atoms with Gasteiger partial charge in [-0.3, -0.25) is 0 Å². The van der Waals surface area contributed by atoms with E-state index in [0.29, 0.717) is 12.5 Å². The molecule has 3 rings (SSSR count). The van der Waals surface area contributed by atoms with Gasteiger partial charge in [-0.15, -0.1) is 0 Å². The molecule has 3 aromatic rings. The summed E-state index contributed by atoms with van der Waals surface area (Å²) >= 11 is 6.20. The number of rotatable bonds is 7. The Balaban J connectivity index is 1.69. The topological polar surface area (TPSA) is 59.1 Å². The number of nitrogens with one attached hydrogen (secondary N) is 2. The Hall–Kier alpha value is -2.79. The fourth-order valence-corrected chi connectivity index (χ4v) is 2.99. The number of benzene rings is 2. The van der Waals surface area contributed by atoms with Crippen LogP contribution < -0.4 is 15.4 Å². The van der Waals surface area contributed by atoms with Crippen LogP contribution in [0.5, 0.6) is 5.75 Å². The predicted molar refractivity (Wildman–Crippen MR) is 111 cm³/mol. The van der Waals surface area contributed by atoms with Crippen molar-refractivity contribution in [2.24, 2.45) is 0 Å². The standard InChI is InChI=1S/C21H23ClN4O/c1-14-13-20(25-18-9-6-8-17(22)15(18)2)26-21(24-14)23-12-11-16-7-4-5-10-19(16)27-3/h4-10,13H,11-12H2,1-3H3,(H2,23,24,25,26).